The number of rotatable bonds is 5. The molecular formula is C15H12F3NO3S2. The number of carbonyl (C=O) groups is 2. The number of hydrogen-bond donors (Lipinski definition) is 1. The molecule has 9 heteroatoms. The van der Waals surface area contributed by atoms with Gasteiger partial charge in [-0.2, -0.15) is 13.2 Å². The summed E-state index contributed by atoms with van der Waals surface area (Å²) in [6.07, 6.45) is -2.74. The molecular weight excluding hydrogens is 363 g/mol. The van der Waals surface area contributed by atoms with Crippen molar-refractivity contribution in [1.82, 2.24) is 4.90 Å². The number of amides is 1. The molecule has 1 aliphatic rings. The van der Waals surface area contributed by atoms with Gasteiger partial charge in [0.1, 0.15) is 4.32 Å². The van der Waals surface area contributed by atoms with Crippen LogP contribution in [-0.4, -0.2) is 32.7 Å². The lowest BCUT2D eigenvalue weighted by Crippen LogP contribution is -2.29. The van der Waals surface area contributed by atoms with E-state index >= 15 is 0 Å². The van der Waals surface area contributed by atoms with E-state index in [0.29, 0.717) is 14.8 Å². The maximum atomic E-state index is 12.5. The van der Waals surface area contributed by atoms with Gasteiger partial charge < -0.3 is 5.11 Å². The van der Waals surface area contributed by atoms with Gasteiger partial charge in [-0.1, -0.05) is 36.1 Å². The predicted molar refractivity (Wildman–Crippen MR) is 88.2 cm³/mol. The second kappa shape index (κ2) is 7.35. The van der Waals surface area contributed by atoms with Gasteiger partial charge in [-0.15, -0.1) is 0 Å². The van der Waals surface area contributed by atoms with Crippen LogP contribution in [-0.2, 0) is 15.8 Å². The maximum Gasteiger partial charge on any atom is 0.416 e. The standard InChI is InChI=1S/C15H12F3NO3S2/c16-15(17,18)10-5-3-9(4-6-10)8-11-13(22)19(14(23)24-11)7-1-2-12(20)21/h3-6,8H,1-2,7H2,(H,20,21)/b11-8-. The number of halogens is 3. The van der Waals surface area contributed by atoms with Crippen molar-refractivity contribution < 1.29 is 27.9 Å². The van der Waals surface area contributed by atoms with Crippen LogP contribution in [0.4, 0.5) is 13.2 Å². The molecule has 128 valence electrons. The second-order valence-corrected chi connectivity index (χ2v) is 6.63. The highest BCUT2D eigenvalue weighted by Gasteiger charge is 2.32. The molecule has 0 saturated carbocycles. The number of carboxylic acids is 1. The Labute approximate surface area is 145 Å². The molecule has 1 aromatic rings. The summed E-state index contributed by atoms with van der Waals surface area (Å²) in [5.74, 6) is -1.32. The van der Waals surface area contributed by atoms with E-state index in [1.54, 1.807) is 0 Å². The lowest BCUT2D eigenvalue weighted by atomic mass is 10.1. The van der Waals surface area contributed by atoms with E-state index in [2.05, 4.69) is 0 Å². The summed E-state index contributed by atoms with van der Waals surface area (Å²) >= 11 is 6.13. The van der Waals surface area contributed by atoms with E-state index in [0.717, 1.165) is 23.9 Å². The Morgan fingerprint density at radius 1 is 1.29 bits per heavy atom. The van der Waals surface area contributed by atoms with Gasteiger partial charge in [0.25, 0.3) is 5.91 Å². The third kappa shape index (κ3) is 4.57. The van der Waals surface area contributed by atoms with Crippen molar-refractivity contribution in [3.8, 4) is 0 Å². The molecule has 1 amide bonds. The Kier molecular flexibility index (Phi) is 5.66. The molecule has 0 spiro atoms. The number of carboxylic acid groups (broad SMARTS) is 1. The fraction of sp³-hybridized carbons (Fsp3) is 0.267. The molecule has 1 N–H and O–H groups in total. The summed E-state index contributed by atoms with van der Waals surface area (Å²) in [5, 5.41) is 8.61. The molecule has 0 bridgehead atoms. The molecule has 1 heterocycles. The number of thiocarbonyl (C=S) groups is 1. The molecule has 2 rings (SSSR count). The van der Waals surface area contributed by atoms with E-state index in [1.807, 2.05) is 0 Å². The first-order valence-electron chi connectivity index (χ1n) is 6.83. The molecule has 0 aromatic heterocycles. The van der Waals surface area contributed by atoms with Crippen LogP contribution in [0.1, 0.15) is 24.0 Å². The van der Waals surface area contributed by atoms with Crippen molar-refractivity contribution in [3.63, 3.8) is 0 Å². The van der Waals surface area contributed by atoms with E-state index in [9.17, 15) is 22.8 Å². The number of carbonyl (C=O) groups excluding carboxylic acids is 1. The van der Waals surface area contributed by atoms with Crippen LogP contribution in [0.3, 0.4) is 0 Å². The number of benzene rings is 1. The average molecular weight is 375 g/mol. The van der Waals surface area contributed by atoms with Crippen LogP contribution in [0, 0.1) is 0 Å². The van der Waals surface area contributed by atoms with Crippen molar-refractivity contribution >= 4 is 46.3 Å². The van der Waals surface area contributed by atoms with Crippen molar-refractivity contribution in [2.45, 2.75) is 19.0 Å². The van der Waals surface area contributed by atoms with Crippen LogP contribution in [0.25, 0.3) is 6.08 Å². The Balaban J connectivity index is 2.09. The highest BCUT2D eigenvalue weighted by molar-refractivity contribution is 8.26. The zero-order chi connectivity index (χ0) is 17.9. The molecule has 1 saturated heterocycles. The van der Waals surface area contributed by atoms with Gasteiger partial charge in [-0.3, -0.25) is 14.5 Å². The summed E-state index contributed by atoms with van der Waals surface area (Å²) in [6, 6.07) is 4.44. The van der Waals surface area contributed by atoms with Gasteiger partial charge in [0.2, 0.25) is 0 Å². The fourth-order valence-corrected chi connectivity index (χ4v) is 3.31. The number of nitrogens with zero attached hydrogens (tertiary/aromatic N) is 1. The minimum atomic E-state index is -4.41. The van der Waals surface area contributed by atoms with Crippen LogP contribution >= 0.6 is 24.0 Å². The highest BCUT2D eigenvalue weighted by atomic mass is 32.2. The first-order valence-corrected chi connectivity index (χ1v) is 8.05. The van der Waals surface area contributed by atoms with Crippen LogP contribution in [0.5, 0.6) is 0 Å². The van der Waals surface area contributed by atoms with Crippen molar-refractivity contribution in [3.05, 3.63) is 40.3 Å². The number of thioether (sulfide) groups is 1. The van der Waals surface area contributed by atoms with Crippen molar-refractivity contribution in [1.29, 1.82) is 0 Å². The smallest absolute Gasteiger partial charge is 0.416 e. The lowest BCUT2D eigenvalue weighted by molar-refractivity contribution is -0.138. The van der Waals surface area contributed by atoms with Gasteiger partial charge in [-0.05, 0) is 30.2 Å². The molecule has 4 nitrogen and oxygen atoms in total. The van der Waals surface area contributed by atoms with Gasteiger partial charge >= 0.3 is 12.1 Å². The summed E-state index contributed by atoms with van der Waals surface area (Å²) in [5.41, 5.74) is -0.310. The number of aliphatic carboxylic acids is 1. The topological polar surface area (TPSA) is 57.6 Å². The minimum Gasteiger partial charge on any atom is -0.481 e. The summed E-state index contributed by atoms with van der Waals surface area (Å²) in [6.45, 7) is 0.196. The first kappa shape index (κ1) is 18.5. The Bertz CT molecular complexity index is 699. The normalized spacial score (nSPS) is 17.0. The van der Waals surface area contributed by atoms with Gasteiger partial charge in [0, 0.05) is 13.0 Å². The summed E-state index contributed by atoms with van der Waals surface area (Å²) in [4.78, 5) is 24.4. The highest BCUT2D eigenvalue weighted by Crippen LogP contribution is 2.33. The second-order valence-electron chi connectivity index (χ2n) is 4.95. The molecule has 0 unspecified atom stereocenters. The van der Waals surface area contributed by atoms with E-state index in [4.69, 9.17) is 17.3 Å². The van der Waals surface area contributed by atoms with Crippen molar-refractivity contribution in [2.24, 2.45) is 0 Å². The molecule has 0 radical (unpaired) electrons. The minimum absolute atomic E-state index is 0.0744. The van der Waals surface area contributed by atoms with Gasteiger partial charge in [0.05, 0.1) is 10.5 Å². The molecule has 0 aliphatic carbocycles. The Hall–Kier alpha value is -1.87. The molecule has 1 aliphatic heterocycles. The Morgan fingerprint density at radius 2 is 1.92 bits per heavy atom. The van der Waals surface area contributed by atoms with Crippen LogP contribution in [0.2, 0.25) is 0 Å². The monoisotopic (exact) mass is 375 g/mol. The van der Waals surface area contributed by atoms with E-state index in [-0.39, 0.29) is 25.3 Å². The largest absolute Gasteiger partial charge is 0.481 e. The summed E-state index contributed by atoms with van der Waals surface area (Å²) in [7, 11) is 0. The maximum absolute atomic E-state index is 12.5. The predicted octanol–water partition coefficient (Wildman–Crippen LogP) is 3.77. The Morgan fingerprint density at radius 3 is 2.46 bits per heavy atom. The SMILES string of the molecule is O=C(O)CCCN1C(=O)/C(=C/c2ccc(C(F)(F)F)cc2)SC1=S. The zero-order valence-corrected chi connectivity index (χ0v) is 13.8. The van der Waals surface area contributed by atoms with Crippen LogP contribution in [0.15, 0.2) is 29.2 Å². The van der Waals surface area contributed by atoms with Gasteiger partial charge in [0.15, 0.2) is 0 Å². The zero-order valence-electron chi connectivity index (χ0n) is 12.2. The fourth-order valence-electron chi connectivity index (χ4n) is 2.00. The molecule has 24 heavy (non-hydrogen) atoms. The molecule has 1 fully saturated rings. The molecule has 1 aromatic carbocycles. The molecule has 0 atom stereocenters. The third-order valence-corrected chi connectivity index (χ3v) is 4.56. The third-order valence-electron chi connectivity index (χ3n) is 3.18. The number of alkyl halides is 3. The first-order chi connectivity index (χ1) is 11.2. The van der Waals surface area contributed by atoms with Crippen molar-refractivity contribution in [2.75, 3.05) is 6.54 Å². The lowest BCUT2D eigenvalue weighted by Gasteiger charge is -2.13. The number of hydrogen-bond acceptors (Lipinski definition) is 4. The average Bonchev–Trinajstić information content (AvgIpc) is 2.74. The quantitative estimate of drug-likeness (QED) is 0.627. The summed E-state index contributed by atoms with van der Waals surface area (Å²) < 4.78 is 37.9. The van der Waals surface area contributed by atoms with Gasteiger partial charge in [-0.25, -0.2) is 0 Å². The van der Waals surface area contributed by atoms with E-state index in [1.165, 1.54) is 23.1 Å². The van der Waals surface area contributed by atoms with Crippen LogP contribution < -0.4 is 0 Å². The van der Waals surface area contributed by atoms with E-state index < -0.39 is 17.7 Å².